The number of aliphatic hydroxyl groups is 1. The Kier molecular flexibility index (Phi) is 4.05. The molecule has 9 heteroatoms. The smallest absolute Gasteiger partial charge is 0.245 e. The van der Waals surface area contributed by atoms with Crippen LogP contribution in [0.2, 0.25) is 0 Å². The Hall–Kier alpha value is -1.16. The van der Waals surface area contributed by atoms with Crippen molar-refractivity contribution < 1.29 is 18.3 Å². The van der Waals surface area contributed by atoms with Crippen LogP contribution >= 0.6 is 15.9 Å². The standard InChI is InChI=1S/C11H14BrN3O4S/c12-6-1-2-8(13)10(3-6)20(18,19)15-5-7(16)4-9(15)11(14)17/h1-3,7,9,16H,4-5,13H2,(H2,14,17). The second kappa shape index (κ2) is 5.32. The number of nitrogens with zero attached hydrogens (tertiary/aromatic N) is 1. The van der Waals surface area contributed by atoms with Crippen LogP contribution in [-0.2, 0) is 14.8 Å². The van der Waals surface area contributed by atoms with Gasteiger partial charge < -0.3 is 16.6 Å². The first-order valence-corrected chi connectivity index (χ1v) is 8.01. The van der Waals surface area contributed by atoms with Crippen molar-refractivity contribution in [1.82, 2.24) is 4.31 Å². The molecule has 1 heterocycles. The molecule has 2 rings (SSSR count). The lowest BCUT2D eigenvalue weighted by Crippen LogP contribution is -2.43. The summed E-state index contributed by atoms with van der Waals surface area (Å²) in [7, 11) is -4.00. The second-order valence-electron chi connectivity index (χ2n) is 4.56. The zero-order valence-electron chi connectivity index (χ0n) is 10.4. The first-order chi connectivity index (χ1) is 9.23. The van der Waals surface area contributed by atoms with Gasteiger partial charge in [-0.3, -0.25) is 4.79 Å². The quantitative estimate of drug-likeness (QED) is 0.632. The molecule has 1 saturated heterocycles. The lowest BCUT2D eigenvalue weighted by Gasteiger charge is -2.22. The number of anilines is 1. The maximum Gasteiger partial charge on any atom is 0.245 e. The van der Waals surface area contributed by atoms with Gasteiger partial charge in [0.2, 0.25) is 15.9 Å². The van der Waals surface area contributed by atoms with Crippen molar-refractivity contribution in [3.8, 4) is 0 Å². The molecule has 1 aromatic carbocycles. The molecule has 0 saturated carbocycles. The highest BCUT2D eigenvalue weighted by Crippen LogP contribution is 2.30. The van der Waals surface area contributed by atoms with E-state index in [1.165, 1.54) is 12.1 Å². The van der Waals surface area contributed by atoms with Crippen molar-refractivity contribution in [3.05, 3.63) is 22.7 Å². The number of amides is 1. The van der Waals surface area contributed by atoms with Crippen LogP contribution in [0.25, 0.3) is 0 Å². The number of halogens is 1. The Morgan fingerprint density at radius 1 is 1.45 bits per heavy atom. The monoisotopic (exact) mass is 363 g/mol. The number of nitrogen functional groups attached to an aromatic ring is 1. The highest BCUT2D eigenvalue weighted by molar-refractivity contribution is 9.10. The fourth-order valence-corrected chi connectivity index (χ4v) is 4.47. The number of nitrogens with two attached hydrogens (primary N) is 2. The van der Waals surface area contributed by atoms with Gasteiger partial charge in [0.1, 0.15) is 10.9 Å². The van der Waals surface area contributed by atoms with Crippen LogP contribution in [-0.4, -0.2) is 42.4 Å². The number of benzene rings is 1. The van der Waals surface area contributed by atoms with Gasteiger partial charge in [-0.25, -0.2) is 8.42 Å². The summed E-state index contributed by atoms with van der Waals surface area (Å²) in [6.45, 7) is -0.179. The number of carbonyl (C=O) groups excluding carboxylic acids is 1. The number of aliphatic hydroxyl groups excluding tert-OH is 1. The Balaban J connectivity index is 2.49. The molecule has 7 nitrogen and oxygen atoms in total. The molecule has 5 N–H and O–H groups in total. The number of primary amides is 1. The van der Waals surface area contributed by atoms with E-state index >= 15 is 0 Å². The number of rotatable bonds is 3. The first kappa shape index (κ1) is 15.2. The van der Waals surface area contributed by atoms with Gasteiger partial charge in [-0.1, -0.05) is 15.9 Å². The molecule has 0 radical (unpaired) electrons. The average molecular weight is 364 g/mol. The minimum Gasteiger partial charge on any atom is -0.398 e. The van der Waals surface area contributed by atoms with Crippen molar-refractivity contribution in [3.63, 3.8) is 0 Å². The van der Waals surface area contributed by atoms with Crippen LogP contribution < -0.4 is 11.5 Å². The van der Waals surface area contributed by atoms with Crippen molar-refractivity contribution in [1.29, 1.82) is 0 Å². The van der Waals surface area contributed by atoms with Gasteiger partial charge in [-0.15, -0.1) is 0 Å². The molecule has 0 aliphatic carbocycles. The third-order valence-electron chi connectivity index (χ3n) is 3.12. The van der Waals surface area contributed by atoms with Gasteiger partial charge in [0, 0.05) is 17.4 Å². The molecule has 1 aromatic rings. The predicted octanol–water partition coefficient (Wildman–Crippen LogP) is -0.360. The van der Waals surface area contributed by atoms with E-state index < -0.39 is 28.1 Å². The topological polar surface area (TPSA) is 127 Å². The largest absolute Gasteiger partial charge is 0.398 e. The van der Waals surface area contributed by atoms with Crippen LogP contribution in [0.4, 0.5) is 5.69 Å². The van der Waals surface area contributed by atoms with E-state index in [0.717, 1.165) is 4.31 Å². The molecular formula is C11H14BrN3O4S. The average Bonchev–Trinajstić information content (AvgIpc) is 2.75. The summed E-state index contributed by atoms with van der Waals surface area (Å²) in [6.07, 6.45) is -0.932. The van der Waals surface area contributed by atoms with Crippen LogP contribution in [0.1, 0.15) is 6.42 Å². The fraction of sp³-hybridized carbons (Fsp3) is 0.364. The van der Waals surface area contributed by atoms with E-state index in [1.54, 1.807) is 6.07 Å². The van der Waals surface area contributed by atoms with Crippen LogP contribution in [0.5, 0.6) is 0 Å². The zero-order chi connectivity index (χ0) is 15.1. The third kappa shape index (κ3) is 2.66. The summed E-state index contributed by atoms with van der Waals surface area (Å²) in [5.41, 5.74) is 11.0. The van der Waals surface area contributed by atoms with Crippen molar-refractivity contribution in [2.24, 2.45) is 5.73 Å². The minimum absolute atomic E-state index is 0.0114. The Morgan fingerprint density at radius 2 is 2.10 bits per heavy atom. The summed E-state index contributed by atoms with van der Waals surface area (Å²) in [5.74, 6) is -0.793. The number of carbonyl (C=O) groups is 1. The van der Waals surface area contributed by atoms with Crippen LogP contribution in [0.3, 0.4) is 0 Å². The number of hydrogen-bond donors (Lipinski definition) is 3. The maximum absolute atomic E-state index is 12.6. The molecule has 0 aromatic heterocycles. The van der Waals surface area contributed by atoms with Crippen molar-refractivity contribution >= 4 is 37.5 Å². The number of β-amino-alcohol motifs (C(OH)–C–C–N with tert-alkyl or cyclic N) is 1. The van der Waals surface area contributed by atoms with Crippen LogP contribution in [0, 0.1) is 0 Å². The Morgan fingerprint density at radius 3 is 2.70 bits per heavy atom. The lowest BCUT2D eigenvalue weighted by atomic mass is 10.2. The summed E-state index contributed by atoms with van der Waals surface area (Å²) in [6, 6.07) is 3.35. The number of hydrogen-bond acceptors (Lipinski definition) is 5. The highest BCUT2D eigenvalue weighted by atomic mass is 79.9. The Labute approximate surface area is 124 Å². The summed E-state index contributed by atoms with van der Waals surface area (Å²) in [5, 5.41) is 9.60. The molecule has 110 valence electrons. The first-order valence-electron chi connectivity index (χ1n) is 5.77. The Bertz CT molecular complexity index is 649. The molecule has 1 fully saturated rings. The van der Waals surface area contributed by atoms with E-state index in [9.17, 15) is 18.3 Å². The predicted molar refractivity (Wildman–Crippen MR) is 76.1 cm³/mol. The summed E-state index contributed by atoms with van der Waals surface area (Å²) in [4.78, 5) is 11.2. The molecular weight excluding hydrogens is 350 g/mol. The minimum atomic E-state index is -4.00. The molecule has 2 atom stereocenters. The van der Waals surface area contributed by atoms with Crippen molar-refractivity contribution in [2.45, 2.75) is 23.5 Å². The summed E-state index contributed by atoms with van der Waals surface area (Å²) >= 11 is 3.17. The SMILES string of the molecule is NC(=O)C1CC(O)CN1S(=O)(=O)c1cc(Br)ccc1N. The fourth-order valence-electron chi connectivity index (χ4n) is 2.17. The normalized spacial score (nSPS) is 23.9. The molecule has 0 spiro atoms. The van der Waals surface area contributed by atoms with E-state index in [4.69, 9.17) is 11.5 Å². The van der Waals surface area contributed by atoms with Gasteiger partial charge >= 0.3 is 0 Å². The molecule has 2 unspecified atom stereocenters. The van der Waals surface area contributed by atoms with Crippen LogP contribution in [0.15, 0.2) is 27.6 Å². The maximum atomic E-state index is 12.6. The van der Waals surface area contributed by atoms with Gasteiger partial charge in [-0.05, 0) is 18.2 Å². The van der Waals surface area contributed by atoms with E-state index in [2.05, 4.69) is 15.9 Å². The van der Waals surface area contributed by atoms with Gasteiger partial charge in [0.25, 0.3) is 0 Å². The third-order valence-corrected chi connectivity index (χ3v) is 5.55. The van der Waals surface area contributed by atoms with E-state index in [1.807, 2.05) is 0 Å². The van der Waals surface area contributed by atoms with Gasteiger partial charge in [0.15, 0.2) is 0 Å². The summed E-state index contributed by atoms with van der Waals surface area (Å²) < 4.78 is 26.6. The van der Waals surface area contributed by atoms with E-state index in [0.29, 0.717) is 4.47 Å². The molecule has 1 amide bonds. The molecule has 1 aliphatic heterocycles. The molecule has 1 aliphatic rings. The number of sulfonamides is 1. The zero-order valence-corrected chi connectivity index (χ0v) is 12.8. The van der Waals surface area contributed by atoms with Gasteiger partial charge in [-0.2, -0.15) is 4.31 Å². The van der Waals surface area contributed by atoms with Crippen molar-refractivity contribution in [2.75, 3.05) is 12.3 Å². The lowest BCUT2D eigenvalue weighted by molar-refractivity contribution is -0.121. The second-order valence-corrected chi connectivity index (χ2v) is 7.34. The van der Waals surface area contributed by atoms with Gasteiger partial charge in [0.05, 0.1) is 11.8 Å². The van der Waals surface area contributed by atoms with E-state index in [-0.39, 0.29) is 23.5 Å². The highest BCUT2D eigenvalue weighted by Gasteiger charge is 2.43. The molecule has 0 bridgehead atoms. The molecule has 20 heavy (non-hydrogen) atoms.